The first-order chi connectivity index (χ1) is 9.24. The molecule has 7 nitrogen and oxygen atoms in total. The van der Waals surface area contributed by atoms with Gasteiger partial charge in [0.2, 0.25) is 21.9 Å². The smallest absolute Gasteiger partial charge is 0.240 e. The van der Waals surface area contributed by atoms with Crippen LogP contribution in [0.2, 0.25) is 0 Å². The summed E-state index contributed by atoms with van der Waals surface area (Å²) in [6.07, 6.45) is 0. The largest absolute Gasteiger partial charge is 0.481 e. The second-order valence-electron chi connectivity index (χ2n) is 4.90. The van der Waals surface area contributed by atoms with E-state index in [0.717, 1.165) is 0 Å². The van der Waals surface area contributed by atoms with Crippen molar-refractivity contribution in [3.05, 3.63) is 11.8 Å². The SMILES string of the molecule is COc1cc(C)nc(NS(=O)(=O)C(C)CNC(C)C)n1. The van der Waals surface area contributed by atoms with Crippen molar-refractivity contribution < 1.29 is 13.2 Å². The van der Waals surface area contributed by atoms with Gasteiger partial charge in [0.15, 0.2) is 0 Å². The van der Waals surface area contributed by atoms with Gasteiger partial charge < -0.3 is 10.1 Å². The summed E-state index contributed by atoms with van der Waals surface area (Å²) in [5.41, 5.74) is 0.627. The van der Waals surface area contributed by atoms with Gasteiger partial charge >= 0.3 is 0 Å². The fourth-order valence-corrected chi connectivity index (χ4v) is 2.29. The van der Waals surface area contributed by atoms with Crippen LogP contribution < -0.4 is 14.8 Å². The van der Waals surface area contributed by atoms with Gasteiger partial charge in [-0.1, -0.05) is 13.8 Å². The lowest BCUT2D eigenvalue weighted by molar-refractivity contribution is 0.397. The third-order valence-corrected chi connectivity index (χ3v) is 4.31. The Hall–Kier alpha value is -1.41. The average Bonchev–Trinajstić information content (AvgIpc) is 2.34. The van der Waals surface area contributed by atoms with Crippen molar-refractivity contribution in [1.82, 2.24) is 15.3 Å². The first-order valence-corrected chi connectivity index (χ1v) is 7.94. The molecular formula is C12H22N4O3S. The number of anilines is 1. The second kappa shape index (κ2) is 6.85. The maximum atomic E-state index is 12.2. The van der Waals surface area contributed by atoms with E-state index in [0.29, 0.717) is 18.1 Å². The number of hydrogen-bond acceptors (Lipinski definition) is 6. The molecule has 20 heavy (non-hydrogen) atoms. The van der Waals surface area contributed by atoms with E-state index in [4.69, 9.17) is 4.74 Å². The molecule has 1 aromatic heterocycles. The molecule has 1 heterocycles. The van der Waals surface area contributed by atoms with E-state index in [-0.39, 0.29) is 12.0 Å². The molecule has 0 amide bonds. The van der Waals surface area contributed by atoms with E-state index in [1.54, 1.807) is 19.9 Å². The van der Waals surface area contributed by atoms with Crippen LogP contribution in [0.4, 0.5) is 5.95 Å². The number of rotatable bonds is 7. The number of aryl methyl sites for hydroxylation is 1. The highest BCUT2D eigenvalue weighted by Crippen LogP contribution is 2.13. The van der Waals surface area contributed by atoms with E-state index in [1.165, 1.54) is 7.11 Å². The zero-order chi connectivity index (χ0) is 15.3. The molecule has 0 fully saturated rings. The zero-order valence-electron chi connectivity index (χ0n) is 12.5. The Bertz CT molecular complexity index is 546. The number of ether oxygens (including phenoxy) is 1. The van der Waals surface area contributed by atoms with Gasteiger partial charge in [-0.05, 0) is 13.8 Å². The Balaban J connectivity index is 2.82. The van der Waals surface area contributed by atoms with E-state index >= 15 is 0 Å². The minimum Gasteiger partial charge on any atom is -0.481 e. The molecule has 0 radical (unpaired) electrons. The molecule has 2 N–H and O–H groups in total. The number of aromatic nitrogens is 2. The molecule has 1 aromatic rings. The fraction of sp³-hybridized carbons (Fsp3) is 0.667. The quantitative estimate of drug-likeness (QED) is 0.778. The zero-order valence-corrected chi connectivity index (χ0v) is 13.3. The molecule has 8 heteroatoms. The normalized spacial score (nSPS) is 13.3. The first kappa shape index (κ1) is 16.6. The fourth-order valence-electron chi connectivity index (χ4n) is 1.43. The lowest BCUT2D eigenvalue weighted by Gasteiger charge is -2.16. The summed E-state index contributed by atoms with van der Waals surface area (Å²) in [7, 11) is -2.08. The topological polar surface area (TPSA) is 93.2 Å². The number of hydrogen-bond donors (Lipinski definition) is 2. The molecule has 0 aliphatic carbocycles. The summed E-state index contributed by atoms with van der Waals surface area (Å²) in [6.45, 7) is 7.65. The van der Waals surface area contributed by atoms with E-state index in [2.05, 4.69) is 20.0 Å². The Morgan fingerprint density at radius 1 is 1.30 bits per heavy atom. The van der Waals surface area contributed by atoms with Gasteiger partial charge in [-0.15, -0.1) is 0 Å². The number of methoxy groups -OCH3 is 1. The Kier molecular flexibility index (Phi) is 5.70. The number of nitrogens with zero attached hydrogens (tertiary/aromatic N) is 2. The average molecular weight is 302 g/mol. The summed E-state index contributed by atoms with van der Waals surface area (Å²) < 4.78 is 31.7. The summed E-state index contributed by atoms with van der Waals surface area (Å²) in [4.78, 5) is 8.01. The minimum atomic E-state index is -3.54. The summed E-state index contributed by atoms with van der Waals surface area (Å²) in [5.74, 6) is 0.349. The van der Waals surface area contributed by atoms with Crippen molar-refractivity contribution >= 4 is 16.0 Å². The van der Waals surface area contributed by atoms with Gasteiger partial charge in [0.1, 0.15) is 0 Å². The third kappa shape index (κ3) is 4.93. The standard InChI is InChI=1S/C12H22N4O3S/c1-8(2)13-7-10(4)20(17,18)16-12-14-9(3)6-11(15-12)19-5/h6,8,10,13H,7H2,1-5H3,(H,14,15,16). The summed E-state index contributed by atoms with van der Waals surface area (Å²) in [6, 6.07) is 1.85. The first-order valence-electron chi connectivity index (χ1n) is 6.39. The van der Waals surface area contributed by atoms with Gasteiger partial charge in [-0.2, -0.15) is 4.98 Å². The van der Waals surface area contributed by atoms with Crippen LogP contribution in [-0.2, 0) is 10.0 Å². The van der Waals surface area contributed by atoms with Crippen LogP contribution in [0.3, 0.4) is 0 Å². The van der Waals surface area contributed by atoms with Crippen molar-refractivity contribution in [3.63, 3.8) is 0 Å². The van der Waals surface area contributed by atoms with Gasteiger partial charge in [0.25, 0.3) is 0 Å². The monoisotopic (exact) mass is 302 g/mol. The Morgan fingerprint density at radius 3 is 2.50 bits per heavy atom. The molecule has 0 aliphatic rings. The maximum absolute atomic E-state index is 12.2. The molecule has 0 saturated heterocycles. The molecule has 0 aliphatic heterocycles. The minimum absolute atomic E-state index is 0.0262. The van der Waals surface area contributed by atoms with Gasteiger partial charge in [-0.3, -0.25) is 4.72 Å². The highest BCUT2D eigenvalue weighted by atomic mass is 32.2. The molecule has 0 bridgehead atoms. The van der Waals surface area contributed by atoms with E-state index in [1.807, 2.05) is 13.8 Å². The third-order valence-electron chi connectivity index (χ3n) is 2.62. The predicted octanol–water partition coefficient (Wildman–Crippen LogP) is 0.922. The Labute approximate surface area is 120 Å². The van der Waals surface area contributed by atoms with Crippen molar-refractivity contribution in [2.75, 3.05) is 18.4 Å². The highest BCUT2D eigenvalue weighted by molar-refractivity contribution is 7.93. The van der Waals surface area contributed by atoms with Gasteiger partial charge in [0.05, 0.1) is 12.4 Å². The van der Waals surface area contributed by atoms with Crippen LogP contribution in [0.25, 0.3) is 0 Å². The lowest BCUT2D eigenvalue weighted by atomic mass is 10.3. The summed E-state index contributed by atoms with van der Waals surface area (Å²) in [5, 5.41) is 2.49. The van der Waals surface area contributed by atoms with Gasteiger partial charge in [0, 0.05) is 24.3 Å². The lowest BCUT2D eigenvalue weighted by Crippen LogP contribution is -2.37. The van der Waals surface area contributed by atoms with Gasteiger partial charge in [-0.25, -0.2) is 13.4 Å². The van der Waals surface area contributed by atoms with E-state index in [9.17, 15) is 8.42 Å². The van der Waals surface area contributed by atoms with Crippen LogP contribution in [0.15, 0.2) is 6.07 Å². The maximum Gasteiger partial charge on any atom is 0.240 e. The molecule has 0 saturated carbocycles. The van der Waals surface area contributed by atoms with Crippen LogP contribution >= 0.6 is 0 Å². The highest BCUT2D eigenvalue weighted by Gasteiger charge is 2.22. The molecule has 1 unspecified atom stereocenters. The van der Waals surface area contributed by atoms with Crippen LogP contribution in [0, 0.1) is 6.92 Å². The van der Waals surface area contributed by atoms with Crippen LogP contribution in [0.1, 0.15) is 26.5 Å². The van der Waals surface area contributed by atoms with Crippen molar-refractivity contribution in [2.45, 2.75) is 39.0 Å². The van der Waals surface area contributed by atoms with Crippen molar-refractivity contribution in [1.29, 1.82) is 0 Å². The Morgan fingerprint density at radius 2 is 1.95 bits per heavy atom. The van der Waals surface area contributed by atoms with E-state index < -0.39 is 15.3 Å². The molecular weight excluding hydrogens is 280 g/mol. The number of sulfonamides is 1. The molecule has 0 aromatic carbocycles. The van der Waals surface area contributed by atoms with Crippen molar-refractivity contribution in [2.24, 2.45) is 0 Å². The number of nitrogens with one attached hydrogen (secondary N) is 2. The second-order valence-corrected chi connectivity index (χ2v) is 6.99. The summed E-state index contributed by atoms with van der Waals surface area (Å²) >= 11 is 0. The predicted molar refractivity (Wildman–Crippen MR) is 78.5 cm³/mol. The van der Waals surface area contributed by atoms with Crippen molar-refractivity contribution in [3.8, 4) is 5.88 Å². The molecule has 0 spiro atoms. The van der Waals surface area contributed by atoms with Crippen LogP contribution in [0.5, 0.6) is 5.88 Å². The molecule has 114 valence electrons. The molecule has 1 rings (SSSR count). The van der Waals surface area contributed by atoms with Crippen LogP contribution in [-0.4, -0.2) is 43.3 Å². The molecule has 1 atom stereocenters.